The Kier molecular flexibility index (Phi) is 4.53. The minimum absolute atomic E-state index is 0.271. The molecule has 0 aliphatic carbocycles. The van der Waals surface area contributed by atoms with Gasteiger partial charge >= 0.3 is 5.97 Å². The average molecular weight is 381 g/mol. The predicted molar refractivity (Wildman–Crippen MR) is 103 cm³/mol. The third-order valence-electron chi connectivity index (χ3n) is 3.95. The molecule has 0 radical (unpaired) electrons. The quantitative estimate of drug-likeness (QED) is 0.596. The van der Waals surface area contributed by atoms with Gasteiger partial charge in [0.2, 0.25) is 0 Å². The number of benzene rings is 2. The minimum atomic E-state index is -0.468. The van der Waals surface area contributed by atoms with Crippen molar-refractivity contribution in [3.63, 3.8) is 0 Å². The fourth-order valence-corrected chi connectivity index (χ4v) is 4.60. The molecule has 4 nitrogen and oxygen atoms in total. The molecular formula is C20H15NO3S2. The van der Waals surface area contributed by atoms with Crippen LogP contribution in [0.3, 0.4) is 0 Å². The molecule has 0 spiro atoms. The zero-order valence-corrected chi connectivity index (χ0v) is 15.6. The van der Waals surface area contributed by atoms with Crippen LogP contribution in [0.5, 0.6) is 0 Å². The molecule has 0 N–H and O–H groups in total. The number of para-hydroxylation sites is 2. The number of anilines is 2. The number of rotatable bonds is 3. The molecule has 0 atom stereocenters. The summed E-state index contributed by atoms with van der Waals surface area (Å²) >= 11 is 2.99. The largest absolute Gasteiger partial charge is 0.451 e. The summed E-state index contributed by atoms with van der Waals surface area (Å²) in [6.45, 7) is 1.62. The Bertz CT molecular complexity index is 950. The summed E-state index contributed by atoms with van der Waals surface area (Å²) in [4.78, 5) is 30.2. The molecule has 0 saturated carbocycles. The Labute approximate surface area is 159 Å². The maximum Gasteiger partial charge on any atom is 0.348 e. The van der Waals surface area contributed by atoms with Crippen molar-refractivity contribution in [2.75, 3.05) is 11.5 Å². The Morgan fingerprint density at radius 1 is 0.923 bits per heavy atom. The lowest BCUT2D eigenvalue weighted by Crippen LogP contribution is -2.32. The van der Waals surface area contributed by atoms with Crippen molar-refractivity contribution in [3.8, 4) is 0 Å². The van der Waals surface area contributed by atoms with Gasteiger partial charge in [0.25, 0.3) is 5.91 Å². The summed E-state index contributed by atoms with van der Waals surface area (Å²) < 4.78 is 5.26. The summed E-state index contributed by atoms with van der Waals surface area (Å²) in [6.07, 6.45) is 0. The van der Waals surface area contributed by atoms with E-state index in [0.29, 0.717) is 4.88 Å². The van der Waals surface area contributed by atoms with Gasteiger partial charge in [0, 0.05) is 14.7 Å². The number of hydrogen-bond donors (Lipinski definition) is 0. The highest BCUT2D eigenvalue weighted by atomic mass is 32.2. The van der Waals surface area contributed by atoms with Crippen molar-refractivity contribution < 1.29 is 14.3 Å². The van der Waals surface area contributed by atoms with E-state index >= 15 is 0 Å². The maximum atomic E-state index is 12.9. The molecule has 0 bridgehead atoms. The number of amides is 1. The van der Waals surface area contributed by atoms with Crippen LogP contribution in [-0.2, 0) is 9.53 Å². The second kappa shape index (κ2) is 6.97. The number of aryl methyl sites for hydroxylation is 1. The van der Waals surface area contributed by atoms with E-state index in [2.05, 4.69) is 0 Å². The molecule has 2 aromatic carbocycles. The van der Waals surface area contributed by atoms with Crippen LogP contribution < -0.4 is 4.90 Å². The van der Waals surface area contributed by atoms with Crippen molar-refractivity contribution in [1.82, 2.24) is 0 Å². The van der Waals surface area contributed by atoms with E-state index in [1.165, 1.54) is 11.3 Å². The van der Waals surface area contributed by atoms with Gasteiger partial charge < -0.3 is 4.74 Å². The van der Waals surface area contributed by atoms with Gasteiger partial charge in [-0.25, -0.2) is 4.79 Å². The van der Waals surface area contributed by atoms with Crippen LogP contribution in [0.4, 0.5) is 11.4 Å². The number of esters is 1. The van der Waals surface area contributed by atoms with Crippen LogP contribution in [-0.4, -0.2) is 18.5 Å². The second-order valence-electron chi connectivity index (χ2n) is 5.75. The monoisotopic (exact) mass is 381 g/mol. The number of thiophene rings is 1. The summed E-state index contributed by atoms with van der Waals surface area (Å²) in [5.41, 5.74) is 1.62. The summed E-state index contributed by atoms with van der Waals surface area (Å²) in [5.74, 6) is -0.740. The van der Waals surface area contributed by atoms with Crippen molar-refractivity contribution in [1.29, 1.82) is 0 Å². The van der Waals surface area contributed by atoms with Gasteiger partial charge in [-0.05, 0) is 43.3 Å². The van der Waals surface area contributed by atoms with Crippen molar-refractivity contribution >= 4 is 46.3 Å². The van der Waals surface area contributed by atoms with Gasteiger partial charge in [0.05, 0.1) is 11.4 Å². The molecule has 0 saturated heterocycles. The van der Waals surface area contributed by atoms with E-state index in [-0.39, 0.29) is 12.5 Å². The highest BCUT2D eigenvalue weighted by Crippen LogP contribution is 2.47. The lowest BCUT2D eigenvalue weighted by molar-refractivity contribution is -0.121. The maximum absolute atomic E-state index is 12.9. The minimum Gasteiger partial charge on any atom is -0.451 e. The van der Waals surface area contributed by atoms with Gasteiger partial charge in [0.15, 0.2) is 6.61 Å². The molecule has 26 heavy (non-hydrogen) atoms. The molecule has 4 rings (SSSR count). The van der Waals surface area contributed by atoms with Crippen LogP contribution >= 0.6 is 23.1 Å². The SMILES string of the molecule is Cc1ccc(C(=O)OCC(=O)N2c3ccccc3Sc3ccccc32)s1. The Morgan fingerprint density at radius 2 is 1.54 bits per heavy atom. The predicted octanol–water partition coefficient (Wildman–Crippen LogP) is 5.04. The molecule has 6 heteroatoms. The van der Waals surface area contributed by atoms with Crippen LogP contribution in [0.1, 0.15) is 14.5 Å². The number of fused-ring (bicyclic) bond motifs is 2. The Morgan fingerprint density at radius 3 is 2.12 bits per heavy atom. The molecule has 1 aliphatic rings. The first-order valence-corrected chi connectivity index (χ1v) is 9.69. The van der Waals surface area contributed by atoms with E-state index in [1.807, 2.05) is 61.5 Å². The summed E-state index contributed by atoms with van der Waals surface area (Å²) in [6, 6.07) is 19.0. The van der Waals surface area contributed by atoms with Crippen LogP contribution in [0.25, 0.3) is 0 Å². The van der Waals surface area contributed by atoms with E-state index < -0.39 is 5.97 Å². The van der Waals surface area contributed by atoms with E-state index in [9.17, 15) is 9.59 Å². The first-order valence-electron chi connectivity index (χ1n) is 8.06. The third-order valence-corrected chi connectivity index (χ3v) is 6.06. The molecule has 2 heterocycles. The van der Waals surface area contributed by atoms with Gasteiger partial charge in [-0.15, -0.1) is 11.3 Å². The lowest BCUT2D eigenvalue weighted by atomic mass is 10.2. The van der Waals surface area contributed by atoms with Crippen molar-refractivity contribution in [3.05, 3.63) is 70.4 Å². The Hall–Kier alpha value is -2.57. The second-order valence-corrected chi connectivity index (χ2v) is 8.12. The van der Waals surface area contributed by atoms with Gasteiger partial charge in [-0.3, -0.25) is 9.69 Å². The molecule has 0 unspecified atom stereocenters. The van der Waals surface area contributed by atoms with Crippen LogP contribution in [0.2, 0.25) is 0 Å². The van der Waals surface area contributed by atoms with E-state index in [0.717, 1.165) is 26.0 Å². The van der Waals surface area contributed by atoms with E-state index in [1.54, 1.807) is 22.7 Å². The smallest absolute Gasteiger partial charge is 0.348 e. The number of hydrogen-bond acceptors (Lipinski definition) is 5. The van der Waals surface area contributed by atoms with Crippen molar-refractivity contribution in [2.45, 2.75) is 16.7 Å². The highest BCUT2D eigenvalue weighted by molar-refractivity contribution is 7.99. The molecule has 130 valence electrons. The number of carbonyl (C=O) groups excluding carboxylic acids is 2. The molecule has 3 aromatic rings. The summed E-state index contributed by atoms with van der Waals surface area (Å²) in [7, 11) is 0. The zero-order chi connectivity index (χ0) is 18.1. The standard InChI is InChI=1S/C20H15NO3S2/c1-13-10-11-18(25-13)20(23)24-12-19(22)21-14-6-2-4-8-16(14)26-17-9-5-3-7-15(17)21/h2-11H,12H2,1H3. The fourth-order valence-electron chi connectivity index (χ4n) is 2.78. The first kappa shape index (κ1) is 16.9. The first-order chi connectivity index (χ1) is 12.6. The van der Waals surface area contributed by atoms with Crippen LogP contribution in [0, 0.1) is 6.92 Å². The van der Waals surface area contributed by atoms with Gasteiger partial charge in [-0.1, -0.05) is 36.0 Å². The topological polar surface area (TPSA) is 46.6 Å². The summed E-state index contributed by atoms with van der Waals surface area (Å²) in [5, 5.41) is 0. The fraction of sp³-hybridized carbons (Fsp3) is 0.100. The molecular weight excluding hydrogens is 366 g/mol. The van der Waals surface area contributed by atoms with Gasteiger partial charge in [-0.2, -0.15) is 0 Å². The molecule has 1 aliphatic heterocycles. The normalized spacial score (nSPS) is 12.3. The lowest BCUT2D eigenvalue weighted by Gasteiger charge is -2.30. The highest BCUT2D eigenvalue weighted by Gasteiger charge is 2.28. The molecule has 1 aromatic heterocycles. The molecule has 1 amide bonds. The Balaban J connectivity index is 1.58. The van der Waals surface area contributed by atoms with Crippen LogP contribution in [0.15, 0.2) is 70.5 Å². The van der Waals surface area contributed by atoms with E-state index in [4.69, 9.17) is 4.74 Å². The van der Waals surface area contributed by atoms with Gasteiger partial charge in [0.1, 0.15) is 4.88 Å². The third kappa shape index (κ3) is 3.13. The number of nitrogens with zero attached hydrogens (tertiary/aromatic N) is 1. The molecule has 0 fully saturated rings. The number of ether oxygens (including phenoxy) is 1. The number of carbonyl (C=O) groups is 2. The van der Waals surface area contributed by atoms with Crippen molar-refractivity contribution in [2.24, 2.45) is 0 Å². The zero-order valence-electron chi connectivity index (χ0n) is 14.0. The average Bonchev–Trinajstić information content (AvgIpc) is 3.10.